The molecule has 0 aliphatic heterocycles. The molecule has 0 aromatic heterocycles. The summed E-state index contributed by atoms with van der Waals surface area (Å²) in [4.78, 5) is 12.1. The lowest BCUT2D eigenvalue weighted by Crippen LogP contribution is -2.36. The fourth-order valence-electron chi connectivity index (χ4n) is 1.40. The van der Waals surface area contributed by atoms with Crippen molar-refractivity contribution in [3.05, 3.63) is 31.8 Å². The normalized spacial score (nSPS) is 12.2. The van der Waals surface area contributed by atoms with Crippen LogP contribution in [0.25, 0.3) is 0 Å². The first kappa shape index (κ1) is 15.3. The number of carbonyl (C=O) groups is 1. The average Bonchev–Trinajstić information content (AvgIpc) is 2.31. The van der Waals surface area contributed by atoms with Crippen molar-refractivity contribution in [1.29, 1.82) is 0 Å². The van der Waals surface area contributed by atoms with Gasteiger partial charge in [0, 0.05) is 19.8 Å². The van der Waals surface area contributed by atoms with Gasteiger partial charge in [-0.2, -0.15) is 11.8 Å². The molecule has 0 spiro atoms. The van der Waals surface area contributed by atoms with Crippen LogP contribution in [0.5, 0.6) is 0 Å². The van der Waals surface area contributed by atoms with E-state index in [0.717, 1.165) is 20.2 Å². The van der Waals surface area contributed by atoms with Crippen LogP contribution in [0, 0.1) is 3.57 Å². The number of halogens is 2. The van der Waals surface area contributed by atoms with Gasteiger partial charge in [0.25, 0.3) is 5.91 Å². The van der Waals surface area contributed by atoms with Crippen LogP contribution in [0.2, 0.25) is 0 Å². The minimum absolute atomic E-state index is 0.00343. The molecular formula is C12H15BrINOS. The molecule has 0 saturated carbocycles. The summed E-state index contributed by atoms with van der Waals surface area (Å²) < 4.78 is 1.91. The fourth-order valence-corrected chi connectivity index (χ4v) is 3.04. The van der Waals surface area contributed by atoms with Gasteiger partial charge < -0.3 is 5.32 Å². The molecule has 1 atom stereocenters. The highest BCUT2D eigenvalue weighted by molar-refractivity contribution is 14.1. The average molecular weight is 428 g/mol. The van der Waals surface area contributed by atoms with E-state index in [1.54, 1.807) is 11.8 Å². The molecule has 94 valence electrons. The topological polar surface area (TPSA) is 29.1 Å². The predicted octanol–water partition coefficient (Wildman–Crippen LogP) is 3.93. The number of hydrogen-bond donors (Lipinski definition) is 1. The van der Waals surface area contributed by atoms with Crippen LogP contribution in [-0.4, -0.2) is 24.0 Å². The second-order valence-electron chi connectivity index (χ2n) is 3.66. The number of hydrogen-bond acceptors (Lipinski definition) is 2. The zero-order valence-electron chi connectivity index (χ0n) is 9.80. The highest BCUT2D eigenvalue weighted by Gasteiger charge is 2.14. The maximum absolute atomic E-state index is 12.1. The summed E-state index contributed by atoms with van der Waals surface area (Å²) in [5, 5.41) is 3.06. The van der Waals surface area contributed by atoms with Crippen molar-refractivity contribution in [1.82, 2.24) is 5.32 Å². The second kappa shape index (κ2) is 7.63. The molecule has 0 radical (unpaired) electrons. The molecule has 17 heavy (non-hydrogen) atoms. The van der Waals surface area contributed by atoms with Crippen molar-refractivity contribution in [2.45, 2.75) is 19.4 Å². The van der Waals surface area contributed by atoms with Crippen LogP contribution in [-0.2, 0) is 0 Å². The number of nitrogens with one attached hydrogen (secondary N) is 1. The highest BCUT2D eigenvalue weighted by atomic mass is 127. The Hall–Kier alpha value is 0.250. The smallest absolute Gasteiger partial charge is 0.252 e. The van der Waals surface area contributed by atoms with E-state index >= 15 is 0 Å². The van der Waals surface area contributed by atoms with E-state index in [2.05, 4.69) is 57.0 Å². The van der Waals surface area contributed by atoms with E-state index in [0.29, 0.717) is 5.56 Å². The van der Waals surface area contributed by atoms with Gasteiger partial charge in [0.05, 0.1) is 5.56 Å². The van der Waals surface area contributed by atoms with Crippen LogP contribution >= 0.6 is 50.3 Å². The molecule has 1 rings (SSSR count). The summed E-state index contributed by atoms with van der Waals surface area (Å²) in [5.74, 6) is 0.945. The third-order valence-electron chi connectivity index (χ3n) is 2.37. The number of amides is 1. The monoisotopic (exact) mass is 427 g/mol. The lowest BCUT2D eigenvalue weighted by molar-refractivity contribution is 0.0939. The Balaban J connectivity index is 2.78. The third kappa shape index (κ3) is 4.79. The van der Waals surface area contributed by atoms with Crippen LogP contribution in [0.1, 0.15) is 23.7 Å². The largest absolute Gasteiger partial charge is 0.348 e. The SMILES string of the molecule is CCC(CSC)NC(=O)c1cc(I)ccc1Br. The second-order valence-corrected chi connectivity index (χ2v) is 6.67. The van der Waals surface area contributed by atoms with Crippen molar-refractivity contribution in [2.24, 2.45) is 0 Å². The Bertz CT molecular complexity index is 400. The third-order valence-corrected chi connectivity index (χ3v) is 4.47. The van der Waals surface area contributed by atoms with Crippen LogP contribution in [0.3, 0.4) is 0 Å². The van der Waals surface area contributed by atoms with E-state index in [1.165, 1.54) is 0 Å². The van der Waals surface area contributed by atoms with Gasteiger partial charge in [-0.1, -0.05) is 6.92 Å². The van der Waals surface area contributed by atoms with Crippen molar-refractivity contribution in [3.8, 4) is 0 Å². The predicted molar refractivity (Wildman–Crippen MR) is 86.8 cm³/mol. The Morgan fingerprint density at radius 2 is 2.29 bits per heavy atom. The Morgan fingerprint density at radius 3 is 2.88 bits per heavy atom. The van der Waals surface area contributed by atoms with E-state index in [-0.39, 0.29) is 11.9 Å². The molecular weight excluding hydrogens is 413 g/mol. The molecule has 0 fully saturated rings. The number of thioether (sulfide) groups is 1. The van der Waals surface area contributed by atoms with E-state index < -0.39 is 0 Å². The molecule has 0 bridgehead atoms. The zero-order chi connectivity index (χ0) is 12.8. The molecule has 2 nitrogen and oxygen atoms in total. The zero-order valence-corrected chi connectivity index (χ0v) is 14.4. The van der Waals surface area contributed by atoms with Crippen molar-refractivity contribution < 1.29 is 4.79 Å². The molecule has 0 aliphatic carbocycles. The summed E-state index contributed by atoms with van der Waals surface area (Å²) in [5.41, 5.74) is 0.705. The summed E-state index contributed by atoms with van der Waals surface area (Å²) >= 11 is 7.37. The molecule has 1 aromatic rings. The fraction of sp³-hybridized carbons (Fsp3) is 0.417. The van der Waals surface area contributed by atoms with Crippen LogP contribution < -0.4 is 5.32 Å². The maximum atomic E-state index is 12.1. The van der Waals surface area contributed by atoms with Gasteiger partial charge >= 0.3 is 0 Å². The lowest BCUT2D eigenvalue weighted by Gasteiger charge is -2.16. The van der Waals surface area contributed by atoms with Gasteiger partial charge in [-0.15, -0.1) is 0 Å². The van der Waals surface area contributed by atoms with Gasteiger partial charge in [-0.05, 0) is 69.4 Å². The summed E-state index contributed by atoms with van der Waals surface area (Å²) in [6.07, 6.45) is 3.00. The minimum Gasteiger partial charge on any atom is -0.348 e. The molecule has 1 N–H and O–H groups in total. The first-order chi connectivity index (χ1) is 8.08. The van der Waals surface area contributed by atoms with Crippen molar-refractivity contribution >= 4 is 56.2 Å². The Morgan fingerprint density at radius 1 is 1.59 bits per heavy atom. The van der Waals surface area contributed by atoms with Gasteiger partial charge in [-0.3, -0.25) is 4.79 Å². The molecule has 5 heteroatoms. The van der Waals surface area contributed by atoms with Gasteiger partial charge in [0.1, 0.15) is 0 Å². The van der Waals surface area contributed by atoms with E-state index in [9.17, 15) is 4.79 Å². The summed E-state index contributed by atoms with van der Waals surface area (Å²) in [6, 6.07) is 6.01. The molecule has 0 aliphatic rings. The molecule has 1 unspecified atom stereocenters. The first-order valence-electron chi connectivity index (χ1n) is 5.33. The van der Waals surface area contributed by atoms with E-state index in [4.69, 9.17) is 0 Å². The van der Waals surface area contributed by atoms with Gasteiger partial charge in [0.15, 0.2) is 0 Å². The Labute approximate surface area is 129 Å². The van der Waals surface area contributed by atoms with Crippen LogP contribution in [0.4, 0.5) is 0 Å². The molecule has 1 amide bonds. The number of carbonyl (C=O) groups excluding carboxylic acids is 1. The number of benzene rings is 1. The van der Waals surface area contributed by atoms with Gasteiger partial charge in [-0.25, -0.2) is 0 Å². The highest BCUT2D eigenvalue weighted by Crippen LogP contribution is 2.19. The molecule has 0 heterocycles. The van der Waals surface area contributed by atoms with E-state index in [1.807, 2.05) is 18.2 Å². The summed E-state index contributed by atoms with van der Waals surface area (Å²) in [7, 11) is 0. The standard InChI is InChI=1S/C12H15BrINOS/c1-3-9(7-17-2)15-12(16)10-6-8(14)4-5-11(10)13/h4-6,9H,3,7H2,1-2H3,(H,15,16). The first-order valence-corrected chi connectivity index (χ1v) is 8.59. The van der Waals surface area contributed by atoms with Gasteiger partial charge in [0.2, 0.25) is 0 Å². The Kier molecular flexibility index (Phi) is 6.87. The molecule has 1 aromatic carbocycles. The lowest BCUT2D eigenvalue weighted by atomic mass is 10.2. The molecule has 0 saturated heterocycles. The quantitative estimate of drug-likeness (QED) is 0.721. The van der Waals surface area contributed by atoms with Crippen molar-refractivity contribution in [2.75, 3.05) is 12.0 Å². The minimum atomic E-state index is -0.00343. The van der Waals surface area contributed by atoms with Crippen molar-refractivity contribution in [3.63, 3.8) is 0 Å². The maximum Gasteiger partial charge on any atom is 0.252 e. The van der Waals surface area contributed by atoms with Crippen LogP contribution in [0.15, 0.2) is 22.7 Å². The summed E-state index contributed by atoms with van der Waals surface area (Å²) in [6.45, 7) is 2.09. The number of rotatable bonds is 5.